The fourth-order valence-electron chi connectivity index (χ4n) is 4.38. The molecule has 15 heteroatoms. The van der Waals surface area contributed by atoms with E-state index in [0.29, 0.717) is 6.42 Å². The number of nitrogen functional groups attached to an aromatic ring is 1. The van der Waals surface area contributed by atoms with Crippen LogP contribution in [0, 0.1) is 0 Å². The predicted octanol–water partition coefficient (Wildman–Crippen LogP) is 0.142. The number of nitrogens with zero attached hydrogens (tertiary/aromatic N) is 3. The maximum absolute atomic E-state index is 12.5. The molecule has 3 aromatic heterocycles. The average Bonchev–Trinajstić information content (AvgIpc) is 3.48. The van der Waals surface area contributed by atoms with E-state index in [2.05, 4.69) is 25.0 Å². The second kappa shape index (κ2) is 9.09. The first-order valence-electron chi connectivity index (χ1n) is 11.1. The van der Waals surface area contributed by atoms with Crippen LogP contribution in [-0.2, 0) is 20.2 Å². The summed E-state index contributed by atoms with van der Waals surface area (Å²) in [5.41, 5.74) is 5.13. The molecule has 14 nitrogen and oxygen atoms in total. The molecule has 0 amide bonds. The van der Waals surface area contributed by atoms with Gasteiger partial charge in [-0.3, -0.25) is 18.9 Å². The van der Waals surface area contributed by atoms with Crippen molar-refractivity contribution in [1.29, 1.82) is 0 Å². The zero-order valence-corrected chi connectivity index (χ0v) is 20.1. The number of nitrogens with one attached hydrogen (secondary N) is 3. The zero-order chi connectivity index (χ0) is 25.7. The van der Waals surface area contributed by atoms with Gasteiger partial charge in [0.15, 0.2) is 17.4 Å². The van der Waals surface area contributed by atoms with Crippen LogP contribution in [0.15, 0.2) is 41.6 Å². The Labute approximate surface area is 203 Å². The van der Waals surface area contributed by atoms with Crippen molar-refractivity contribution in [1.82, 2.24) is 29.6 Å². The molecule has 0 aliphatic carbocycles. The van der Waals surface area contributed by atoms with Crippen molar-refractivity contribution >= 4 is 35.8 Å². The van der Waals surface area contributed by atoms with E-state index in [1.54, 1.807) is 0 Å². The summed E-state index contributed by atoms with van der Waals surface area (Å²) in [6.07, 6.45) is -0.350. The summed E-state index contributed by atoms with van der Waals surface area (Å²) in [6, 6.07) is 7.73. The van der Waals surface area contributed by atoms with Crippen molar-refractivity contribution in [3.05, 3.63) is 52.7 Å². The van der Waals surface area contributed by atoms with Gasteiger partial charge < -0.3 is 30.6 Å². The number of aliphatic hydroxyl groups excluding tert-OH is 1. The number of H-pyrrole nitrogens is 2. The standard InChI is InChI=1S/C21H26N7O7P/c1-21(31)16(29)14(35-19(21)28-10-24-15-17(28)26-20(22)27-18(15)30)9-34-36(32,33)25-7-6-11-8-23-13-5-3-2-4-12(11)13/h2-5,8,10,14,16,19,23,29,31H,6-7,9H2,1H3,(H2,25,32,33)(H3,22,26,27,30)/t14-,16-,19-,21-/m1/s1. The normalized spacial score (nSPS) is 26.1. The van der Waals surface area contributed by atoms with Crippen LogP contribution >= 0.6 is 7.75 Å². The van der Waals surface area contributed by atoms with Gasteiger partial charge in [-0.1, -0.05) is 18.2 Å². The maximum atomic E-state index is 12.5. The molecule has 192 valence electrons. The summed E-state index contributed by atoms with van der Waals surface area (Å²) in [5, 5.41) is 25.1. The molecule has 4 heterocycles. The van der Waals surface area contributed by atoms with Crippen molar-refractivity contribution < 1.29 is 28.9 Å². The first kappa shape index (κ1) is 24.6. The van der Waals surface area contributed by atoms with E-state index < -0.39 is 43.9 Å². The minimum absolute atomic E-state index is 0.0305. The van der Waals surface area contributed by atoms with E-state index in [-0.39, 0.29) is 23.7 Å². The van der Waals surface area contributed by atoms with Crippen LogP contribution in [0.3, 0.4) is 0 Å². The van der Waals surface area contributed by atoms with Gasteiger partial charge in [-0.25, -0.2) is 14.6 Å². The van der Waals surface area contributed by atoms with E-state index in [1.807, 2.05) is 30.5 Å². The molecule has 0 radical (unpaired) electrons. The van der Waals surface area contributed by atoms with Gasteiger partial charge in [0.05, 0.1) is 12.9 Å². The largest absolute Gasteiger partial charge is 0.403 e. The number of aromatic amines is 2. The second-order valence-electron chi connectivity index (χ2n) is 8.81. The number of aromatic nitrogens is 5. The maximum Gasteiger partial charge on any atom is 0.403 e. The Morgan fingerprint density at radius 2 is 2.17 bits per heavy atom. The minimum atomic E-state index is -4.25. The lowest BCUT2D eigenvalue weighted by atomic mass is 9.96. The second-order valence-corrected chi connectivity index (χ2v) is 10.4. The number of hydrogen-bond acceptors (Lipinski definition) is 9. The molecule has 1 fully saturated rings. The zero-order valence-electron chi connectivity index (χ0n) is 19.2. The average molecular weight is 519 g/mol. The summed E-state index contributed by atoms with van der Waals surface area (Å²) in [7, 11) is -4.25. The Balaban J connectivity index is 1.23. The van der Waals surface area contributed by atoms with Gasteiger partial charge in [-0.05, 0) is 25.0 Å². The third-order valence-corrected chi connectivity index (χ3v) is 7.37. The van der Waals surface area contributed by atoms with Crippen molar-refractivity contribution in [2.75, 3.05) is 18.9 Å². The highest BCUT2D eigenvalue weighted by Gasteiger charge is 2.54. The van der Waals surface area contributed by atoms with Crippen molar-refractivity contribution in [2.24, 2.45) is 0 Å². The Morgan fingerprint density at radius 1 is 1.39 bits per heavy atom. The molecular formula is C21H26N7O7P. The molecule has 1 unspecified atom stereocenters. The molecule has 0 bridgehead atoms. The van der Waals surface area contributed by atoms with Crippen LogP contribution < -0.4 is 16.4 Å². The summed E-state index contributed by atoms with van der Waals surface area (Å²) in [6.45, 7) is 0.986. The number of para-hydroxylation sites is 1. The number of rotatable bonds is 8. The van der Waals surface area contributed by atoms with E-state index in [9.17, 15) is 24.5 Å². The molecule has 5 rings (SSSR count). The van der Waals surface area contributed by atoms with Gasteiger partial charge >= 0.3 is 7.75 Å². The SMILES string of the molecule is C[C@@]1(O)[C@H](O)[C@@H](COP(=O)(O)NCCc2c[nH]c3ccccc23)O[C@H]1n1cnc2c(=O)[nH]c(N)nc21. The predicted molar refractivity (Wildman–Crippen MR) is 129 cm³/mol. The van der Waals surface area contributed by atoms with Crippen LogP contribution in [-0.4, -0.2) is 70.6 Å². The Bertz CT molecular complexity index is 1510. The molecule has 4 aromatic rings. The number of aliphatic hydroxyl groups is 2. The molecule has 1 aromatic carbocycles. The first-order chi connectivity index (χ1) is 17.1. The third kappa shape index (κ3) is 4.44. The van der Waals surface area contributed by atoms with Gasteiger partial charge in [-0.15, -0.1) is 0 Å². The fraction of sp³-hybridized carbons (Fsp3) is 0.381. The molecule has 1 saturated heterocycles. The number of fused-ring (bicyclic) bond motifs is 2. The molecule has 36 heavy (non-hydrogen) atoms. The van der Waals surface area contributed by atoms with Crippen molar-refractivity contribution in [2.45, 2.75) is 37.4 Å². The molecular weight excluding hydrogens is 493 g/mol. The first-order valence-corrected chi connectivity index (χ1v) is 12.7. The van der Waals surface area contributed by atoms with Gasteiger partial charge in [-0.2, -0.15) is 4.98 Å². The van der Waals surface area contributed by atoms with E-state index in [0.717, 1.165) is 16.5 Å². The Hall–Kier alpha value is -3.10. The topological polar surface area (TPSA) is 214 Å². The number of hydrogen-bond donors (Lipinski definition) is 7. The lowest BCUT2D eigenvalue weighted by Gasteiger charge is -2.27. The fourth-order valence-corrected chi connectivity index (χ4v) is 5.22. The van der Waals surface area contributed by atoms with Crippen molar-refractivity contribution in [3.8, 4) is 0 Å². The Kier molecular flexibility index (Phi) is 6.21. The quantitative estimate of drug-likeness (QED) is 0.155. The molecule has 1 aliphatic rings. The lowest BCUT2D eigenvalue weighted by Crippen LogP contribution is -2.44. The monoisotopic (exact) mass is 519 g/mol. The van der Waals surface area contributed by atoms with E-state index >= 15 is 0 Å². The van der Waals surface area contributed by atoms with E-state index in [4.69, 9.17) is 15.0 Å². The third-order valence-electron chi connectivity index (χ3n) is 6.25. The van der Waals surface area contributed by atoms with E-state index in [1.165, 1.54) is 17.8 Å². The van der Waals surface area contributed by atoms with Gasteiger partial charge in [0.1, 0.15) is 17.8 Å². The van der Waals surface area contributed by atoms with Crippen LogP contribution in [0.2, 0.25) is 0 Å². The van der Waals surface area contributed by atoms with Crippen LogP contribution in [0.25, 0.3) is 22.1 Å². The molecule has 5 atom stereocenters. The number of ether oxygens (including phenoxy) is 1. The summed E-state index contributed by atoms with van der Waals surface area (Å²) in [4.78, 5) is 35.8. The van der Waals surface area contributed by atoms with Crippen LogP contribution in [0.5, 0.6) is 0 Å². The summed E-state index contributed by atoms with van der Waals surface area (Å²) in [5.74, 6) is -0.160. The van der Waals surface area contributed by atoms with Crippen LogP contribution in [0.4, 0.5) is 5.95 Å². The number of benzene rings is 1. The summed E-state index contributed by atoms with van der Waals surface area (Å²) >= 11 is 0. The highest BCUT2D eigenvalue weighted by molar-refractivity contribution is 7.50. The minimum Gasteiger partial charge on any atom is -0.387 e. The van der Waals surface area contributed by atoms with Gasteiger partial charge in [0.2, 0.25) is 5.95 Å². The molecule has 1 aliphatic heterocycles. The summed E-state index contributed by atoms with van der Waals surface area (Å²) < 4.78 is 24.7. The number of anilines is 1. The smallest absolute Gasteiger partial charge is 0.387 e. The Morgan fingerprint density at radius 3 is 2.97 bits per heavy atom. The molecule has 0 spiro atoms. The molecule has 0 saturated carbocycles. The highest BCUT2D eigenvalue weighted by Crippen LogP contribution is 2.42. The number of nitrogens with two attached hydrogens (primary N) is 1. The van der Waals surface area contributed by atoms with Gasteiger partial charge in [0, 0.05) is 23.6 Å². The number of imidazole rings is 1. The van der Waals surface area contributed by atoms with Gasteiger partial charge in [0.25, 0.3) is 5.56 Å². The van der Waals surface area contributed by atoms with Crippen LogP contribution in [0.1, 0.15) is 18.7 Å². The van der Waals surface area contributed by atoms with Crippen molar-refractivity contribution in [3.63, 3.8) is 0 Å². The molecule has 8 N–H and O–H groups in total. The lowest BCUT2D eigenvalue weighted by molar-refractivity contribution is -0.0948. The highest BCUT2D eigenvalue weighted by atomic mass is 31.2.